The maximum Gasteiger partial charge on any atom is 0.453 e. The van der Waals surface area contributed by atoms with E-state index < -0.39 is 21.7 Å². The molecule has 8 nitrogen and oxygen atoms in total. The van der Waals surface area contributed by atoms with E-state index in [1.165, 1.54) is 0 Å². The number of hydrogen-bond acceptors (Lipinski definition) is 8. The van der Waals surface area contributed by atoms with Gasteiger partial charge >= 0.3 is 8.24 Å². The Hall–Kier alpha value is -5.68. The minimum absolute atomic E-state index is 0.240. The Morgan fingerprint density at radius 3 is 1.39 bits per heavy atom. The SMILES string of the molecule is COc1cc(-c2cc(OC)cc(C(C)(C)C)c2Op2oc3ccccc3c3ccccc3o2)c(Cp2oc3c(C(C)(C)C)cc(C)cc3c3cc(OC)cc(C(C)(C)C)c3o2)c(C(C)(C)C)c1. The molecule has 0 amide bonds. The van der Waals surface area contributed by atoms with E-state index in [0.717, 1.165) is 83.0 Å². The first-order chi connectivity index (χ1) is 31.5. The van der Waals surface area contributed by atoms with Crippen LogP contribution < -0.4 is 18.7 Å². The van der Waals surface area contributed by atoms with Crippen LogP contribution in [0.1, 0.15) is 116 Å². The third-order valence-corrected chi connectivity index (χ3v) is 14.7. The van der Waals surface area contributed by atoms with Crippen LogP contribution in [0.5, 0.6) is 23.0 Å². The summed E-state index contributed by atoms with van der Waals surface area (Å²) in [5.41, 5.74) is 9.81. The Morgan fingerprint density at radius 2 is 0.881 bits per heavy atom. The molecule has 1 atom stereocenters. The van der Waals surface area contributed by atoms with Gasteiger partial charge in [-0.1, -0.05) is 126 Å². The number of benzene rings is 6. The average molecular weight is 941 g/mol. The molecule has 8 aromatic rings. The van der Waals surface area contributed by atoms with Crippen molar-refractivity contribution >= 4 is 60.1 Å². The Kier molecular flexibility index (Phi) is 12.7. The van der Waals surface area contributed by atoms with Gasteiger partial charge in [-0.3, -0.25) is 0 Å². The molecule has 6 aromatic carbocycles. The monoisotopic (exact) mass is 940 g/mol. The van der Waals surface area contributed by atoms with E-state index in [2.05, 4.69) is 151 Å². The van der Waals surface area contributed by atoms with Gasteiger partial charge in [0.15, 0.2) is 0 Å². The topological polar surface area (TPSA) is 89.5 Å². The summed E-state index contributed by atoms with van der Waals surface area (Å²) in [6.45, 7) is 28.8. The molecule has 67 heavy (non-hydrogen) atoms. The lowest BCUT2D eigenvalue weighted by Crippen LogP contribution is -2.16. The summed E-state index contributed by atoms with van der Waals surface area (Å²) in [7, 11) is 1.41. The lowest BCUT2D eigenvalue weighted by molar-refractivity contribution is 0.410. The fraction of sp³-hybridized carbons (Fsp3) is 0.368. The summed E-state index contributed by atoms with van der Waals surface area (Å²) in [4.78, 5) is 0. The first kappa shape index (κ1) is 47.8. The normalized spacial score (nSPS) is 12.8. The Bertz CT molecular complexity index is 3200. The lowest BCUT2D eigenvalue weighted by atomic mass is 9.79. The molecule has 10 heteroatoms. The zero-order valence-corrected chi connectivity index (χ0v) is 43.9. The molecule has 2 aromatic heterocycles. The van der Waals surface area contributed by atoms with E-state index in [-0.39, 0.29) is 16.2 Å². The van der Waals surface area contributed by atoms with Crippen LogP contribution in [0, 0.1) is 6.92 Å². The predicted molar refractivity (Wildman–Crippen MR) is 279 cm³/mol. The highest BCUT2D eigenvalue weighted by Crippen LogP contribution is 2.53. The van der Waals surface area contributed by atoms with Crippen molar-refractivity contribution in [2.24, 2.45) is 0 Å². The van der Waals surface area contributed by atoms with Crippen molar-refractivity contribution in [3.63, 3.8) is 0 Å². The minimum Gasteiger partial charge on any atom is -0.497 e. The van der Waals surface area contributed by atoms with Crippen LogP contribution >= 0.6 is 16.3 Å². The number of para-hydroxylation sites is 2. The molecule has 0 spiro atoms. The van der Waals surface area contributed by atoms with E-state index in [1.807, 2.05) is 36.4 Å². The molecule has 0 aliphatic heterocycles. The van der Waals surface area contributed by atoms with Crippen molar-refractivity contribution in [3.8, 4) is 34.1 Å². The van der Waals surface area contributed by atoms with Gasteiger partial charge in [-0.2, -0.15) is 0 Å². The molecular weight excluding hydrogens is 875 g/mol. The first-order valence-electron chi connectivity index (χ1n) is 23.0. The number of fused-ring (bicyclic) bond motifs is 6. The minimum atomic E-state index is -2.03. The van der Waals surface area contributed by atoms with Crippen LogP contribution in [0.25, 0.3) is 55.0 Å². The van der Waals surface area contributed by atoms with Crippen LogP contribution in [-0.2, 0) is 27.8 Å². The zero-order chi connectivity index (χ0) is 48.4. The molecule has 0 N–H and O–H groups in total. The van der Waals surface area contributed by atoms with Crippen molar-refractivity contribution in [1.29, 1.82) is 0 Å². The molecule has 352 valence electrons. The molecule has 0 aliphatic carbocycles. The van der Waals surface area contributed by atoms with E-state index in [0.29, 0.717) is 34.6 Å². The van der Waals surface area contributed by atoms with Crippen molar-refractivity contribution < 1.29 is 35.5 Å². The van der Waals surface area contributed by atoms with E-state index in [9.17, 15) is 0 Å². The number of rotatable bonds is 8. The fourth-order valence-corrected chi connectivity index (χ4v) is 11.5. The maximum atomic E-state index is 7.45. The molecule has 0 aliphatic rings. The van der Waals surface area contributed by atoms with Gasteiger partial charge in [0.2, 0.25) is 8.01 Å². The largest absolute Gasteiger partial charge is 0.497 e. The number of aryl methyl sites for hydroxylation is 1. The second-order valence-corrected chi connectivity index (χ2v) is 24.0. The smallest absolute Gasteiger partial charge is 0.453 e. The van der Waals surface area contributed by atoms with Gasteiger partial charge in [0.05, 0.1) is 27.5 Å². The van der Waals surface area contributed by atoms with Gasteiger partial charge in [0.25, 0.3) is 0 Å². The van der Waals surface area contributed by atoms with Gasteiger partial charge in [-0.15, -0.1) is 0 Å². The quantitative estimate of drug-likeness (QED) is 0.149. The average Bonchev–Trinajstić information content (AvgIpc) is 3.51. The van der Waals surface area contributed by atoms with Crippen molar-refractivity contribution in [2.45, 2.75) is 118 Å². The van der Waals surface area contributed by atoms with Crippen LogP contribution in [-0.4, -0.2) is 21.3 Å². The Labute approximate surface area is 397 Å². The van der Waals surface area contributed by atoms with Crippen LogP contribution in [0.15, 0.2) is 114 Å². The van der Waals surface area contributed by atoms with Crippen molar-refractivity contribution in [3.05, 3.63) is 130 Å². The highest BCUT2D eigenvalue weighted by Gasteiger charge is 2.32. The highest BCUT2D eigenvalue weighted by atomic mass is 31.1. The Morgan fingerprint density at radius 1 is 0.448 bits per heavy atom. The predicted octanol–water partition coefficient (Wildman–Crippen LogP) is 18.0. The molecule has 0 saturated carbocycles. The standard InChI is InChI=1S/C57H66O8P2/c1-34-25-41-43-29-37(60-16)31-47(56(8,9)10)52(43)64-66(63-51(41)46(26-34)55(5,6)7)33-44-40(27-35(58-14)30-45(44)54(2,3)4)42-28-36(59-15)32-48(57(11,12)13)53(42)65-67-61-49-23-19-17-21-38(49)39-22-18-20-24-50(39)62-67/h17-32H,33H2,1-16H3. The van der Waals surface area contributed by atoms with E-state index in [4.69, 9.17) is 35.5 Å². The summed E-state index contributed by atoms with van der Waals surface area (Å²) in [5.74, 6) is 2.80. The second kappa shape index (κ2) is 17.8. The van der Waals surface area contributed by atoms with Gasteiger partial charge < -0.3 is 35.5 Å². The van der Waals surface area contributed by atoms with Crippen LogP contribution in [0.4, 0.5) is 0 Å². The second-order valence-electron chi connectivity index (χ2n) is 21.7. The van der Waals surface area contributed by atoms with Gasteiger partial charge in [-0.05, 0) is 105 Å². The summed E-state index contributed by atoms with van der Waals surface area (Å²) in [6.07, 6.45) is 0.428. The third-order valence-electron chi connectivity index (χ3n) is 12.4. The molecule has 0 bridgehead atoms. The highest BCUT2D eigenvalue weighted by molar-refractivity contribution is 7.36. The number of methoxy groups -OCH3 is 3. The molecule has 1 unspecified atom stereocenters. The molecule has 0 saturated heterocycles. The Balaban J connectivity index is 1.50. The lowest BCUT2D eigenvalue weighted by Gasteiger charge is -2.28. The number of ether oxygens (including phenoxy) is 3. The maximum absolute atomic E-state index is 7.45. The van der Waals surface area contributed by atoms with Gasteiger partial charge in [0.1, 0.15) is 45.3 Å². The van der Waals surface area contributed by atoms with Crippen molar-refractivity contribution in [2.75, 3.05) is 21.3 Å². The summed E-state index contributed by atoms with van der Waals surface area (Å²) in [6, 6.07) is 33.1. The molecule has 0 fully saturated rings. The summed E-state index contributed by atoms with van der Waals surface area (Å²) >= 11 is 0. The molecule has 2 heterocycles. The van der Waals surface area contributed by atoms with Crippen LogP contribution in [0.2, 0.25) is 0 Å². The summed E-state index contributed by atoms with van der Waals surface area (Å²) < 4.78 is 53.9. The zero-order valence-electron chi connectivity index (χ0n) is 42.1. The van der Waals surface area contributed by atoms with E-state index in [1.54, 1.807) is 21.3 Å². The van der Waals surface area contributed by atoms with Crippen molar-refractivity contribution in [1.82, 2.24) is 0 Å². The third kappa shape index (κ3) is 9.58. The molecular formula is C57H66O8P2. The molecule has 8 rings (SSSR count). The molecule has 0 radical (unpaired) electrons. The first-order valence-corrected chi connectivity index (χ1v) is 25.4. The number of hydrogen-bond donors (Lipinski definition) is 0. The van der Waals surface area contributed by atoms with E-state index >= 15 is 0 Å². The van der Waals surface area contributed by atoms with Gasteiger partial charge in [-0.25, -0.2) is 0 Å². The van der Waals surface area contributed by atoms with Crippen LogP contribution in [0.3, 0.4) is 0 Å². The van der Waals surface area contributed by atoms with Gasteiger partial charge in [0, 0.05) is 43.8 Å². The summed E-state index contributed by atoms with van der Waals surface area (Å²) in [5, 5.41) is 3.83. The fourth-order valence-electron chi connectivity index (χ4n) is 8.87.